The minimum Gasteiger partial charge on any atom is -0.373 e. The molecular formula is C18H32N2O2. The van der Waals surface area contributed by atoms with E-state index in [4.69, 9.17) is 4.74 Å². The van der Waals surface area contributed by atoms with Gasteiger partial charge in [0, 0.05) is 32.1 Å². The van der Waals surface area contributed by atoms with Gasteiger partial charge in [-0.1, -0.05) is 25.7 Å². The van der Waals surface area contributed by atoms with Crippen LogP contribution in [0.1, 0.15) is 71.1 Å². The fourth-order valence-electron chi connectivity index (χ4n) is 4.39. The van der Waals surface area contributed by atoms with Crippen molar-refractivity contribution in [3.05, 3.63) is 0 Å². The van der Waals surface area contributed by atoms with Gasteiger partial charge in [-0.3, -0.25) is 4.79 Å². The topological polar surface area (TPSA) is 41.6 Å². The summed E-state index contributed by atoms with van der Waals surface area (Å²) in [6.07, 6.45) is 13.5. The molecule has 1 saturated heterocycles. The monoisotopic (exact) mass is 308 g/mol. The molecule has 22 heavy (non-hydrogen) atoms. The van der Waals surface area contributed by atoms with Crippen molar-refractivity contribution in [2.45, 2.75) is 95.4 Å². The first-order valence-corrected chi connectivity index (χ1v) is 9.39. The smallest absolute Gasteiger partial charge is 0.219 e. The van der Waals surface area contributed by atoms with E-state index >= 15 is 0 Å². The second kappa shape index (κ2) is 7.78. The molecule has 0 radical (unpaired) electrons. The van der Waals surface area contributed by atoms with E-state index in [1.807, 2.05) is 4.90 Å². The van der Waals surface area contributed by atoms with Gasteiger partial charge in [0.2, 0.25) is 5.91 Å². The zero-order valence-corrected chi connectivity index (χ0v) is 14.1. The Bertz CT molecular complexity index is 360. The second-order valence-corrected chi connectivity index (χ2v) is 7.42. The average Bonchev–Trinajstić information content (AvgIpc) is 3.03. The third kappa shape index (κ3) is 4.23. The van der Waals surface area contributed by atoms with Crippen molar-refractivity contribution in [2.75, 3.05) is 13.1 Å². The Balaban J connectivity index is 1.47. The molecule has 1 aliphatic heterocycles. The first-order valence-electron chi connectivity index (χ1n) is 9.39. The van der Waals surface area contributed by atoms with Crippen LogP contribution in [0, 0.1) is 0 Å². The number of carbonyl (C=O) groups excluding carboxylic acids is 1. The van der Waals surface area contributed by atoms with E-state index in [-0.39, 0.29) is 5.91 Å². The Morgan fingerprint density at radius 2 is 1.59 bits per heavy atom. The van der Waals surface area contributed by atoms with Crippen LogP contribution in [0.3, 0.4) is 0 Å². The summed E-state index contributed by atoms with van der Waals surface area (Å²) in [6, 6.07) is 1.09. The van der Waals surface area contributed by atoms with Gasteiger partial charge < -0.3 is 15.0 Å². The van der Waals surface area contributed by atoms with Crippen LogP contribution in [0.25, 0.3) is 0 Å². The lowest BCUT2D eigenvalue weighted by Gasteiger charge is -2.39. The van der Waals surface area contributed by atoms with Gasteiger partial charge in [-0.25, -0.2) is 0 Å². The van der Waals surface area contributed by atoms with Crippen LogP contribution in [0.4, 0.5) is 0 Å². The summed E-state index contributed by atoms with van der Waals surface area (Å²) in [6.45, 7) is 3.50. The van der Waals surface area contributed by atoms with Gasteiger partial charge in [-0.2, -0.15) is 0 Å². The Labute approximate surface area is 135 Å². The number of nitrogens with zero attached hydrogens (tertiary/aromatic N) is 1. The van der Waals surface area contributed by atoms with Crippen LogP contribution < -0.4 is 5.32 Å². The van der Waals surface area contributed by atoms with Gasteiger partial charge in [0.1, 0.15) is 0 Å². The molecule has 2 aliphatic carbocycles. The lowest BCUT2D eigenvalue weighted by molar-refractivity contribution is -0.130. The minimum atomic E-state index is 0.221. The molecule has 2 unspecified atom stereocenters. The Morgan fingerprint density at radius 3 is 2.27 bits per heavy atom. The Hall–Kier alpha value is -0.610. The molecule has 2 atom stereocenters. The number of piperidine rings is 1. The van der Waals surface area contributed by atoms with Crippen molar-refractivity contribution in [3.63, 3.8) is 0 Å². The molecule has 0 aromatic carbocycles. The number of likely N-dealkylation sites (tertiary alicyclic amines) is 1. The highest BCUT2D eigenvalue weighted by Gasteiger charge is 2.31. The third-order valence-corrected chi connectivity index (χ3v) is 5.76. The van der Waals surface area contributed by atoms with Gasteiger partial charge in [0.15, 0.2) is 0 Å². The molecule has 2 saturated carbocycles. The highest BCUT2D eigenvalue weighted by molar-refractivity contribution is 5.73. The number of hydrogen-bond acceptors (Lipinski definition) is 3. The van der Waals surface area contributed by atoms with E-state index < -0.39 is 0 Å². The molecule has 0 aromatic heterocycles. The van der Waals surface area contributed by atoms with Gasteiger partial charge in [-0.05, 0) is 38.5 Å². The molecule has 1 heterocycles. The first kappa shape index (κ1) is 16.3. The normalized spacial score (nSPS) is 31.6. The van der Waals surface area contributed by atoms with Crippen LogP contribution in [-0.4, -0.2) is 48.2 Å². The maximum atomic E-state index is 11.4. The molecular weight excluding hydrogens is 276 g/mol. The molecule has 1 N–H and O–H groups in total. The number of hydrogen-bond donors (Lipinski definition) is 1. The Kier molecular flexibility index (Phi) is 5.75. The van der Waals surface area contributed by atoms with Crippen LogP contribution in [-0.2, 0) is 9.53 Å². The summed E-state index contributed by atoms with van der Waals surface area (Å²) in [5.74, 6) is 0.221. The van der Waals surface area contributed by atoms with E-state index in [0.717, 1.165) is 25.9 Å². The number of nitrogens with one attached hydrogen (secondary N) is 1. The fraction of sp³-hybridized carbons (Fsp3) is 0.944. The SMILES string of the molecule is CC(=O)N1CCC(NC2CCCCC2OC2CCCC2)CC1. The maximum absolute atomic E-state index is 11.4. The molecule has 3 aliphatic rings. The van der Waals surface area contributed by atoms with Gasteiger partial charge in [0.05, 0.1) is 12.2 Å². The van der Waals surface area contributed by atoms with Crippen LogP contribution in [0.2, 0.25) is 0 Å². The van der Waals surface area contributed by atoms with Crippen LogP contribution in [0.15, 0.2) is 0 Å². The lowest BCUT2D eigenvalue weighted by atomic mass is 9.90. The van der Waals surface area contributed by atoms with Gasteiger partial charge >= 0.3 is 0 Å². The van der Waals surface area contributed by atoms with Crippen molar-refractivity contribution < 1.29 is 9.53 Å². The number of ether oxygens (including phenoxy) is 1. The van der Waals surface area contributed by atoms with Gasteiger partial charge in [-0.15, -0.1) is 0 Å². The first-order chi connectivity index (χ1) is 10.7. The molecule has 1 amide bonds. The molecule has 4 heteroatoms. The molecule has 4 nitrogen and oxygen atoms in total. The molecule has 3 rings (SSSR count). The largest absolute Gasteiger partial charge is 0.373 e. The Morgan fingerprint density at radius 1 is 0.955 bits per heavy atom. The standard InChI is InChI=1S/C18H32N2O2/c1-14(21)20-12-10-15(11-13-20)19-17-8-4-5-9-18(17)22-16-6-2-3-7-16/h15-19H,2-13H2,1H3. The van der Waals surface area contributed by atoms with E-state index in [2.05, 4.69) is 5.32 Å². The summed E-state index contributed by atoms with van der Waals surface area (Å²) < 4.78 is 6.44. The van der Waals surface area contributed by atoms with Crippen molar-refractivity contribution in [1.82, 2.24) is 10.2 Å². The molecule has 0 aromatic rings. The third-order valence-electron chi connectivity index (χ3n) is 5.76. The fourth-order valence-corrected chi connectivity index (χ4v) is 4.39. The number of carbonyl (C=O) groups is 1. The number of amides is 1. The molecule has 3 fully saturated rings. The zero-order chi connectivity index (χ0) is 15.4. The highest BCUT2D eigenvalue weighted by atomic mass is 16.5. The average molecular weight is 308 g/mol. The quantitative estimate of drug-likeness (QED) is 0.868. The van der Waals surface area contributed by atoms with Crippen LogP contribution in [0.5, 0.6) is 0 Å². The second-order valence-electron chi connectivity index (χ2n) is 7.42. The van der Waals surface area contributed by atoms with E-state index in [0.29, 0.717) is 24.3 Å². The lowest BCUT2D eigenvalue weighted by Crippen LogP contribution is -2.52. The minimum absolute atomic E-state index is 0.221. The van der Waals surface area contributed by atoms with E-state index in [1.165, 1.54) is 51.4 Å². The van der Waals surface area contributed by atoms with Crippen molar-refractivity contribution in [3.8, 4) is 0 Å². The van der Waals surface area contributed by atoms with Crippen molar-refractivity contribution in [2.24, 2.45) is 0 Å². The summed E-state index contributed by atoms with van der Waals surface area (Å²) in [4.78, 5) is 13.4. The summed E-state index contributed by atoms with van der Waals surface area (Å²) in [5.41, 5.74) is 0. The van der Waals surface area contributed by atoms with Crippen LogP contribution >= 0.6 is 0 Å². The predicted octanol–water partition coefficient (Wildman–Crippen LogP) is 2.86. The summed E-state index contributed by atoms with van der Waals surface area (Å²) >= 11 is 0. The van der Waals surface area contributed by atoms with Gasteiger partial charge in [0.25, 0.3) is 0 Å². The molecule has 0 spiro atoms. The summed E-state index contributed by atoms with van der Waals surface area (Å²) in [5, 5.41) is 3.88. The maximum Gasteiger partial charge on any atom is 0.219 e. The van der Waals surface area contributed by atoms with Crippen molar-refractivity contribution in [1.29, 1.82) is 0 Å². The number of rotatable bonds is 4. The molecule has 126 valence electrons. The molecule has 0 bridgehead atoms. The zero-order valence-electron chi connectivity index (χ0n) is 14.1. The van der Waals surface area contributed by atoms with E-state index in [9.17, 15) is 4.79 Å². The highest BCUT2D eigenvalue weighted by Crippen LogP contribution is 2.29. The summed E-state index contributed by atoms with van der Waals surface area (Å²) in [7, 11) is 0. The van der Waals surface area contributed by atoms with Crippen molar-refractivity contribution >= 4 is 5.91 Å². The van der Waals surface area contributed by atoms with E-state index in [1.54, 1.807) is 6.92 Å². The predicted molar refractivity (Wildman–Crippen MR) is 87.8 cm³/mol.